The zero-order valence-corrected chi connectivity index (χ0v) is 13.5. The molecule has 1 saturated carbocycles. The van der Waals surface area contributed by atoms with Crippen molar-refractivity contribution in [2.45, 2.75) is 41.7 Å². The molecule has 112 valence electrons. The van der Waals surface area contributed by atoms with Crippen molar-refractivity contribution in [2.75, 3.05) is 5.75 Å². The van der Waals surface area contributed by atoms with Crippen LogP contribution in [-0.2, 0) is 10.0 Å². The van der Waals surface area contributed by atoms with Gasteiger partial charge >= 0.3 is 5.97 Å². The van der Waals surface area contributed by atoms with Gasteiger partial charge in [-0.2, -0.15) is 11.8 Å². The lowest BCUT2D eigenvalue weighted by Gasteiger charge is -2.12. The molecule has 0 aromatic carbocycles. The standard InChI is InChI=1S/C12H17NO4S3/c1-2-18-9-4-3-8(7-9)13-20(16,17)11-6-5-10(19-11)12(14)15/h5-6,8-9,13H,2-4,7H2,1H3,(H,14,15). The SMILES string of the molecule is CCSC1CCC(NS(=O)(=O)c2ccc(C(=O)O)s2)C1. The molecular formula is C12H17NO4S3. The molecule has 0 saturated heterocycles. The molecular weight excluding hydrogens is 318 g/mol. The van der Waals surface area contributed by atoms with Gasteiger partial charge in [0.2, 0.25) is 10.0 Å². The fraction of sp³-hybridized carbons (Fsp3) is 0.583. The molecule has 1 fully saturated rings. The second-order valence-corrected chi connectivity index (χ2v) is 9.23. The van der Waals surface area contributed by atoms with Crippen molar-refractivity contribution in [3.8, 4) is 0 Å². The zero-order valence-electron chi connectivity index (χ0n) is 11.0. The summed E-state index contributed by atoms with van der Waals surface area (Å²) in [5, 5.41) is 9.35. The van der Waals surface area contributed by atoms with Crippen LogP contribution >= 0.6 is 23.1 Å². The number of thioether (sulfide) groups is 1. The van der Waals surface area contributed by atoms with E-state index in [-0.39, 0.29) is 15.1 Å². The van der Waals surface area contributed by atoms with Gasteiger partial charge in [0.05, 0.1) is 0 Å². The molecule has 5 nitrogen and oxygen atoms in total. The lowest BCUT2D eigenvalue weighted by atomic mass is 10.3. The third kappa shape index (κ3) is 3.75. The molecule has 2 N–H and O–H groups in total. The third-order valence-corrected chi connectivity index (χ3v) is 7.48. The molecule has 1 aliphatic carbocycles. The van der Waals surface area contributed by atoms with E-state index in [0.29, 0.717) is 5.25 Å². The Balaban J connectivity index is 2.02. The van der Waals surface area contributed by atoms with Crippen LogP contribution in [0.25, 0.3) is 0 Å². The average Bonchev–Trinajstić information content (AvgIpc) is 2.98. The maximum Gasteiger partial charge on any atom is 0.345 e. The Labute approximate surface area is 126 Å². The smallest absolute Gasteiger partial charge is 0.345 e. The van der Waals surface area contributed by atoms with Crippen molar-refractivity contribution in [3.05, 3.63) is 17.0 Å². The van der Waals surface area contributed by atoms with Gasteiger partial charge in [0, 0.05) is 11.3 Å². The molecule has 0 amide bonds. The molecule has 1 aromatic heterocycles. The van der Waals surface area contributed by atoms with Crippen LogP contribution in [0.1, 0.15) is 35.9 Å². The van der Waals surface area contributed by atoms with Crippen molar-refractivity contribution in [1.82, 2.24) is 4.72 Å². The van der Waals surface area contributed by atoms with Crippen LogP contribution in [0.3, 0.4) is 0 Å². The van der Waals surface area contributed by atoms with Crippen LogP contribution in [-0.4, -0.2) is 36.5 Å². The van der Waals surface area contributed by atoms with Crippen molar-refractivity contribution in [1.29, 1.82) is 0 Å². The Morgan fingerprint density at radius 3 is 2.85 bits per heavy atom. The fourth-order valence-corrected chi connectivity index (χ4v) is 5.88. The van der Waals surface area contributed by atoms with Gasteiger partial charge in [-0.05, 0) is 37.1 Å². The van der Waals surface area contributed by atoms with E-state index in [4.69, 9.17) is 5.11 Å². The predicted molar refractivity (Wildman–Crippen MR) is 81.2 cm³/mol. The van der Waals surface area contributed by atoms with Crippen LogP contribution < -0.4 is 4.72 Å². The topological polar surface area (TPSA) is 83.5 Å². The highest BCUT2D eigenvalue weighted by Gasteiger charge is 2.29. The number of hydrogen-bond donors (Lipinski definition) is 2. The van der Waals surface area contributed by atoms with E-state index in [1.54, 1.807) is 0 Å². The number of sulfonamides is 1. The average molecular weight is 335 g/mol. The second kappa shape index (κ2) is 6.46. The highest BCUT2D eigenvalue weighted by Crippen LogP contribution is 2.31. The molecule has 1 aromatic rings. The summed E-state index contributed by atoms with van der Waals surface area (Å²) in [5.74, 6) is -0.0615. The highest BCUT2D eigenvalue weighted by atomic mass is 32.2. The Kier molecular flexibility index (Phi) is 5.11. The third-order valence-electron chi connectivity index (χ3n) is 3.17. The summed E-state index contributed by atoms with van der Waals surface area (Å²) < 4.78 is 27.1. The highest BCUT2D eigenvalue weighted by molar-refractivity contribution is 7.99. The van der Waals surface area contributed by atoms with Crippen LogP contribution in [0.4, 0.5) is 0 Å². The molecule has 1 aliphatic rings. The fourth-order valence-electron chi connectivity index (χ4n) is 2.29. The number of nitrogens with one attached hydrogen (secondary N) is 1. The van der Waals surface area contributed by atoms with E-state index in [9.17, 15) is 13.2 Å². The number of aromatic carboxylic acids is 1. The van der Waals surface area contributed by atoms with Gasteiger partial charge in [0.25, 0.3) is 0 Å². The van der Waals surface area contributed by atoms with Gasteiger partial charge in [-0.25, -0.2) is 17.9 Å². The summed E-state index contributed by atoms with van der Waals surface area (Å²) in [7, 11) is -3.60. The van der Waals surface area contributed by atoms with E-state index in [1.807, 2.05) is 11.8 Å². The van der Waals surface area contributed by atoms with Gasteiger partial charge in [0.1, 0.15) is 9.09 Å². The molecule has 2 unspecified atom stereocenters. The number of thiophene rings is 1. The Morgan fingerprint density at radius 1 is 1.50 bits per heavy atom. The van der Waals surface area contributed by atoms with Gasteiger partial charge in [-0.15, -0.1) is 11.3 Å². The summed E-state index contributed by atoms with van der Waals surface area (Å²) in [6, 6.07) is 2.63. The van der Waals surface area contributed by atoms with Crippen molar-refractivity contribution < 1.29 is 18.3 Å². The zero-order chi connectivity index (χ0) is 14.8. The van der Waals surface area contributed by atoms with Gasteiger partial charge < -0.3 is 5.11 Å². The van der Waals surface area contributed by atoms with E-state index in [0.717, 1.165) is 36.4 Å². The number of carboxylic acids is 1. The maximum absolute atomic E-state index is 12.2. The Hall–Kier alpha value is -0.570. The van der Waals surface area contributed by atoms with E-state index in [2.05, 4.69) is 11.6 Å². The minimum Gasteiger partial charge on any atom is -0.477 e. The molecule has 0 radical (unpaired) electrons. The normalized spacial score (nSPS) is 23.1. The summed E-state index contributed by atoms with van der Waals surface area (Å²) in [5.41, 5.74) is 0. The molecule has 1 heterocycles. The van der Waals surface area contributed by atoms with Crippen molar-refractivity contribution in [3.63, 3.8) is 0 Å². The molecule has 0 spiro atoms. The molecule has 0 bridgehead atoms. The van der Waals surface area contributed by atoms with Gasteiger partial charge in [-0.3, -0.25) is 0 Å². The quantitative estimate of drug-likeness (QED) is 0.834. The molecule has 8 heteroatoms. The minimum absolute atomic E-state index is 0.0382. The molecule has 2 rings (SSSR count). The lowest BCUT2D eigenvalue weighted by molar-refractivity contribution is 0.0702. The summed E-state index contributed by atoms with van der Waals surface area (Å²) in [6.45, 7) is 2.10. The Bertz CT molecular complexity index is 581. The summed E-state index contributed by atoms with van der Waals surface area (Å²) in [4.78, 5) is 10.8. The second-order valence-electron chi connectivity index (χ2n) is 4.63. The van der Waals surface area contributed by atoms with Crippen LogP contribution in [0.2, 0.25) is 0 Å². The number of hydrogen-bond acceptors (Lipinski definition) is 5. The van der Waals surface area contributed by atoms with Gasteiger partial charge in [0.15, 0.2) is 0 Å². The van der Waals surface area contributed by atoms with Crippen molar-refractivity contribution >= 4 is 39.1 Å². The maximum atomic E-state index is 12.2. The van der Waals surface area contributed by atoms with Crippen LogP contribution in [0, 0.1) is 0 Å². The van der Waals surface area contributed by atoms with Gasteiger partial charge in [-0.1, -0.05) is 6.92 Å². The molecule has 20 heavy (non-hydrogen) atoms. The molecule has 0 aliphatic heterocycles. The summed E-state index contributed by atoms with van der Waals surface area (Å²) in [6.07, 6.45) is 2.71. The minimum atomic E-state index is -3.60. The van der Waals surface area contributed by atoms with E-state index < -0.39 is 16.0 Å². The first kappa shape index (κ1) is 15.8. The van der Waals surface area contributed by atoms with Crippen LogP contribution in [0.15, 0.2) is 16.3 Å². The first-order valence-electron chi connectivity index (χ1n) is 6.39. The van der Waals surface area contributed by atoms with E-state index in [1.165, 1.54) is 12.1 Å². The molecule has 2 atom stereocenters. The summed E-state index contributed by atoms with van der Waals surface area (Å²) >= 11 is 2.65. The number of carbonyl (C=O) groups is 1. The lowest BCUT2D eigenvalue weighted by Crippen LogP contribution is -2.32. The van der Waals surface area contributed by atoms with E-state index >= 15 is 0 Å². The first-order valence-corrected chi connectivity index (χ1v) is 9.74. The van der Waals surface area contributed by atoms with Crippen molar-refractivity contribution in [2.24, 2.45) is 0 Å². The Morgan fingerprint density at radius 2 is 2.25 bits per heavy atom. The first-order chi connectivity index (χ1) is 9.42. The number of carboxylic acid groups (broad SMARTS) is 1. The predicted octanol–water partition coefficient (Wildman–Crippen LogP) is 2.40. The number of rotatable bonds is 6. The van der Waals surface area contributed by atoms with Crippen LogP contribution in [0.5, 0.6) is 0 Å². The monoisotopic (exact) mass is 335 g/mol. The largest absolute Gasteiger partial charge is 0.477 e.